The average molecular weight is 751 g/mol. The topological polar surface area (TPSA) is 93.0 Å². The number of ether oxygens (including phenoxy) is 1. The summed E-state index contributed by atoms with van der Waals surface area (Å²) in [4.78, 5) is 13.2. The standard InChI is InChI=1S/C40H36BrN3O5S/c41-34-24-22-30(23-25-34)39-36-28-42(50(47,48)38-21-11-10-20-35(38)44(45)46)26-12-13-27-43(36)37(39)29-49-40(31-14-4-1-5-15-31,32-16-6-2-7-17-32)33-18-8-3-9-19-33/h1-25,36-37,39H,26-29H2/b13-12-/t36-,37-,39+/m1/s1. The van der Waals surface area contributed by atoms with Crippen LogP contribution in [0.4, 0.5) is 5.69 Å². The summed E-state index contributed by atoms with van der Waals surface area (Å²) in [5, 5.41) is 11.9. The quantitative estimate of drug-likeness (QED) is 0.0628. The number of nitro benzene ring substituents is 1. The molecule has 0 unspecified atom stereocenters. The van der Waals surface area contributed by atoms with Crippen molar-refractivity contribution in [2.45, 2.75) is 28.5 Å². The number of nitro groups is 1. The molecule has 0 amide bonds. The first-order valence-electron chi connectivity index (χ1n) is 16.5. The lowest BCUT2D eigenvalue weighted by Crippen LogP contribution is -2.68. The zero-order valence-corrected chi connectivity index (χ0v) is 29.6. The molecule has 50 heavy (non-hydrogen) atoms. The van der Waals surface area contributed by atoms with E-state index >= 15 is 0 Å². The normalized spacial score (nSPS) is 20.5. The van der Waals surface area contributed by atoms with Gasteiger partial charge in [-0.2, -0.15) is 4.31 Å². The predicted molar refractivity (Wildman–Crippen MR) is 197 cm³/mol. The van der Waals surface area contributed by atoms with Gasteiger partial charge in [0.05, 0.1) is 11.5 Å². The van der Waals surface area contributed by atoms with Crippen LogP contribution in [0.5, 0.6) is 0 Å². The van der Waals surface area contributed by atoms with Crippen molar-refractivity contribution >= 4 is 31.6 Å². The van der Waals surface area contributed by atoms with Crippen molar-refractivity contribution in [1.29, 1.82) is 0 Å². The fourth-order valence-electron chi connectivity index (χ4n) is 7.44. The lowest BCUT2D eigenvalue weighted by molar-refractivity contribution is -0.387. The second kappa shape index (κ2) is 14.4. The van der Waals surface area contributed by atoms with Crippen LogP contribution >= 0.6 is 15.9 Å². The minimum absolute atomic E-state index is 0.0851. The molecule has 254 valence electrons. The van der Waals surface area contributed by atoms with Crippen molar-refractivity contribution < 1.29 is 18.1 Å². The lowest BCUT2D eigenvalue weighted by atomic mass is 9.74. The molecule has 3 atom stereocenters. The number of benzene rings is 5. The third-order valence-electron chi connectivity index (χ3n) is 9.81. The summed E-state index contributed by atoms with van der Waals surface area (Å²) in [7, 11) is -4.20. The fourth-order valence-corrected chi connectivity index (χ4v) is 9.27. The Morgan fingerprint density at radius 1 is 0.740 bits per heavy atom. The third kappa shape index (κ3) is 6.34. The third-order valence-corrected chi connectivity index (χ3v) is 12.2. The van der Waals surface area contributed by atoms with Crippen molar-refractivity contribution in [3.63, 3.8) is 0 Å². The molecule has 2 aliphatic rings. The summed E-state index contributed by atoms with van der Waals surface area (Å²) in [5.74, 6) is -0.0851. The number of hydrogen-bond acceptors (Lipinski definition) is 6. The molecule has 1 saturated heterocycles. The molecule has 0 saturated carbocycles. The molecule has 5 aromatic carbocycles. The van der Waals surface area contributed by atoms with Crippen LogP contribution in [-0.4, -0.2) is 60.9 Å². The second-order valence-corrected chi connectivity index (χ2v) is 15.3. The number of hydrogen-bond donors (Lipinski definition) is 0. The van der Waals surface area contributed by atoms with E-state index in [1.165, 1.54) is 28.6 Å². The van der Waals surface area contributed by atoms with Crippen LogP contribution < -0.4 is 0 Å². The molecule has 0 aromatic heterocycles. The summed E-state index contributed by atoms with van der Waals surface area (Å²) in [6, 6.07) is 44.1. The predicted octanol–water partition coefficient (Wildman–Crippen LogP) is 7.76. The second-order valence-electron chi connectivity index (χ2n) is 12.5. The average Bonchev–Trinajstić information content (AvgIpc) is 3.14. The Bertz CT molecular complexity index is 1980. The smallest absolute Gasteiger partial charge is 0.289 e. The van der Waals surface area contributed by atoms with Crippen LogP contribution in [-0.2, 0) is 20.4 Å². The highest BCUT2D eigenvalue weighted by atomic mass is 79.9. The summed E-state index contributed by atoms with van der Waals surface area (Å²) < 4.78 is 37.8. The van der Waals surface area contributed by atoms with Crippen molar-refractivity contribution in [1.82, 2.24) is 9.21 Å². The molecule has 10 heteroatoms. The first-order chi connectivity index (χ1) is 24.3. The fraction of sp³-hybridized carbons (Fsp3) is 0.200. The van der Waals surface area contributed by atoms with E-state index in [1.54, 1.807) is 0 Å². The van der Waals surface area contributed by atoms with Gasteiger partial charge in [-0.3, -0.25) is 15.0 Å². The highest BCUT2D eigenvalue weighted by Gasteiger charge is 2.52. The molecule has 8 nitrogen and oxygen atoms in total. The summed E-state index contributed by atoms with van der Waals surface area (Å²) in [6.07, 6.45) is 3.81. The van der Waals surface area contributed by atoms with Crippen LogP contribution in [0.15, 0.2) is 161 Å². The Morgan fingerprint density at radius 2 is 1.26 bits per heavy atom. The van der Waals surface area contributed by atoms with Gasteiger partial charge >= 0.3 is 0 Å². The molecular weight excluding hydrogens is 714 g/mol. The number of sulfonamides is 1. The lowest BCUT2D eigenvalue weighted by Gasteiger charge is -2.57. The summed E-state index contributed by atoms with van der Waals surface area (Å²) >= 11 is 3.57. The van der Waals surface area contributed by atoms with E-state index in [0.29, 0.717) is 13.2 Å². The van der Waals surface area contributed by atoms with Crippen molar-refractivity contribution in [3.8, 4) is 0 Å². The maximum Gasteiger partial charge on any atom is 0.289 e. The molecule has 0 bridgehead atoms. The van der Waals surface area contributed by atoms with Crippen molar-refractivity contribution in [2.24, 2.45) is 0 Å². The number of nitrogens with zero attached hydrogens (tertiary/aromatic N) is 3. The number of para-hydroxylation sites is 1. The first-order valence-corrected chi connectivity index (χ1v) is 18.7. The molecule has 1 fully saturated rings. The number of halogens is 1. The molecule has 0 spiro atoms. The highest BCUT2D eigenvalue weighted by molar-refractivity contribution is 9.10. The van der Waals surface area contributed by atoms with E-state index in [2.05, 4.69) is 69.4 Å². The number of fused-ring (bicyclic) bond motifs is 1. The van der Waals surface area contributed by atoms with Crippen molar-refractivity contribution in [2.75, 3.05) is 26.2 Å². The molecule has 0 N–H and O–H groups in total. The Kier molecular flexibility index (Phi) is 9.81. The van der Waals surface area contributed by atoms with E-state index in [4.69, 9.17) is 4.74 Å². The van der Waals surface area contributed by atoms with Crippen LogP contribution in [0.1, 0.15) is 28.2 Å². The van der Waals surface area contributed by atoms with Gasteiger partial charge in [-0.25, -0.2) is 8.42 Å². The van der Waals surface area contributed by atoms with Gasteiger partial charge < -0.3 is 4.74 Å². The number of rotatable bonds is 10. The maximum atomic E-state index is 14.1. The van der Waals surface area contributed by atoms with Gasteiger partial charge in [-0.15, -0.1) is 0 Å². The Morgan fingerprint density at radius 3 is 1.82 bits per heavy atom. The van der Waals surface area contributed by atoms with Gasteiger partial charge in [-0.05, 0) is 40.5 Å². The maximum absolute atomic E-state index is 14.1. The minimum atomic E-state index is -4.20. The highest BCUT2D eigenvalue weighted by Crippen LogP contribution is 2.46. The van der Waals surface area contributed by atoms with E-state index in [-0.39, 0.29) is 36.0 Å². The molecule has 2 heterocycles. The van der Waals surface area contributed by atoms with E-state index in [0.717, 1.165) is 26.7 Å². The van der Waals surface area contributed by atoms with E-state index < -0.39 is 26.2 Å². The molecule has 2 aliphatic heterocycles. The Balaban J connectivity index is 1.28. The first kappa shape index (κ1) is 34.0. The van der Waals surface area contributed by atoms with E-state index in [9.17, 15) is 18.5 Å². The Labute approximate surface area is 301 Å². The van der Waals surface area contributed by atoms with Gasteiger partial charge in [0.2, 0.25) is 10.0 Å². The zero-order valence-electron chi connectivity index (χ0n) is 27.2. The summed E-state index contributed by atoms with van der Waals surface area (Å²) in [5.41, 5.74) is 2.73. The molecule has 5 aromatic rings. The Hall–Kier alpha value is -4.45. The molecular formula is C40H36BrN3O5S. The van der Waals surface area contributed by atoms with Gasteiger partial charge in [0.15, 0.2) is 4.90 Å². The van der Waals surface area contributed by atoms with Gasteiger partial charge in [-0.1, -0.05) is 143 Å². The minimum Gasteiger partial charge on any atom is -0.359 e. The molecule has 7 rings (SSSR count). The summed E-state index contributed by atoms with van der Waals surface area (Å²) in [6.45, 7) is 1.24. The van der Waals surface area contributed by atoms with Crippen molar-refractivity contribution in [3.05, 3.63) is 189 Å². The van der Waals surface area contributed by atoms with Gasteiger partial charge in [0.25, 0.3) is 5.69 Å². The van der Waals surface area contributed by atoms with Crippen LogP contribution in [0.3, 0.4) is 0 Å². The SMILES string of the molecule is O=[N+]([O-])c1ccccc1S(=O)(=O)N1C/C=C\CN2[C@H](COC(c3ccccc3)(c3ccccc3)c3ccccc3)[C@@H](c3ccc(Br)cc3)[C@H]2C1. The monoisotopic (exact) mass is 749 g/mol. The van der Waals surface area contributed by atoms with Gasteiger partial charge in [0, 0.05) is 48.2 Å². The molecule has 0 aliphatic carbocycles. The molecule has 0 radical (unpaired) electrons. The van der Waals surface area contributed by atoms with Crippen LogP contribution in [0.2, 0.25) is 0 Å². The largest absolute Gasteiger partial charge is 0.359 e. The zero-order chi connectivity index (χ0) is 34.7. The van der Waals surface area contributed by atoms with Gasteiger partial charge in [0.1, 0.15) is 5.60 Å². The van der Waals surface area contributed by atoms with Crippen LogP contribution in [0, 0.1) is 10.1 Å². The van der Waals surface area contributed by atoms with Crippen LogP contribution in [0.25, 0.3) is 0 Å². The van der Waals surface area contributed by atoms with E-state index in [1.807, 2.05) is 78.9 Å².